The lowest BCUT2D eigenvalue weighted by Crippen LogP contribution is -2.43. The molecule has 3 rings (SSSR count). The molecule has 2 heterocycles. The molecule has 0 aliphatic carbocycles. The van der Waals surface area contributed by atoms with Crippen molar-refractivity contribution >= 4 is 10.0 Å². The summed E-state index contributed by atoms with van der Waals surface area (Å²) in [6.07, 6.45) is 0.612. The Hall–Kier alpha value is -1.86. The third-order valence-electron chi connectivity index (χ3n) is 4.33. The van der Waals surface area contributed by atoms with Crippen molar-refractivity contribution in [3.63, 3.8) is 0 Å². The van der Waals surface area contributed by atoms with Crippen LogP contribution in [-0.4, -0.2) is 30.8 Å². The molecule has 1 aromatic carbocycles. The summed E-state index contributed by atoms with van der Waals surface area (Å²) in [7, 11) is -3.68. The van der Waals surface area contributed by atoms with E-state index in [1.807, 2.05) is 45.0 Å². The first-order chi connectivity index (χ1) is 11.6. The normalized spacial score (nSPS) is 17.9. The molecule has 0 saturated heterocycles. The Morgan fingerprint density at radius 1 is 1.24 bits per heavy atom. The topological polar surface area (TPSA) is 73.2 Å². The monoisotopic (exact) mass is 363 g/mol. The van der Waals surface area contributed by atoms with Crippen LogP contribution in [0.25, 0.3) is 0 Å². The maximum absolute atomic E-state index is 13.0. The highest BCUT2D eigenvalue weighted by Gasteiger charge is 2.31. The van der Waals surface area contributed by atoms with Gasteiger partial charge in [0.05, 0.1) is 23.0 Å². The van der Waals surface area contributed by atoms with Gasteiger partial charge in [-0.25, -0.2) is 13.1 Å². The van der Waals surface area contributed by atoms with E-state index in [9.17, 15) is 8.42 Å². The molecule has 0 radical (unpaired) electrons. The third-order valence-corrected chi connectivity index (χ3v) is 6.10. The number of fused-ring (bicyclic) bond motifs is 1. The Kier molecular flexibility index (Phi) is 4.41. The predicted molar refractivity (Wildman–Crippen MR) is 96.4 cm³/mol. The third kappa shape index (κ3) is 3.43. The number of sulfonamides is 1. The van der Waals surface area contributed by atoms with E-state index in [0.717, 1.165) is 11.3 Å². The average Bonchev–Trinajstić information content (AvgIpc) is 2.82. The number of para-hydroxylation sites is 1. The summed E-state index contributed by atoms with van der Waals surface area (Å²) >= 11 is 0. The summed E-state index contributed by atoms with van der Waals surface area (Å²) in [5.74, 6) is 0.825. The van der Waals surface area contributed by atoms with Crippen molar-refractivity contribution in [2.45, 2.75) is 57.5 Å². The van der Waals surface area contributed by atoms with Crippen molar-refractivity contribution in [3.05, 3.63) is 41.2 Å². The molecule has 7 heteroatoms. The van der Waals surface area contributed by atoms with Crippen LogP contribution in [0.3, 0.4) is 0 Å². The fourth-order valence-corrected chi connectivity index (χ4v) is 4.97. The van der Waals surface area contributed by atoms with Gasteiger partial charge in [-0.15, -0.1) is 0 Å². The van der Waals surface area contributed by atoms with Gasteiger partial charge in [0.25, 0.3) is 0 Å². The van der Waals surface area contributed by atoms with Crippen molar-refractivity contribution in [1.82, 2.24) is 14.5 Å². The highest BCUT2D eigenvalue weighted by molar-refractivity contribution is 7.89. The van der Waals surface area contributed by atoms with Crippen molar-refractivity contribution in [2.75, 3.05) is 6.61 Å². The van der Waals surface area contributed by atoms with E-state index in [1.165, 1.54) is 0 Å². The zero-order valence-corrected chi connectivity index (χ0v) is 16.1. The molecule has 0 bridgehead atoms. The highest BCUT2D eigenvalue weighted by Crippen LogP contribution is 2.27. The Morgan fingerprint density at radius 3 is 2.56 bits per heavy atom. The summed E-state index contributed by atoms with van der Waals surface area (Å²) < 4.78 is 36.2. The number of aryl methyl sites for hydroxylation is 1. The smallest absolute Gasteiger partial charge is 0.244 e. The number of hydrogen-bond donors (Lipinski definition) is 1. The molecule has 0 amide bonds. The molecule has 0 spiro atoms. The van der Waals surface area contributed by atoms with Crippen LogP contribution in [0.4, 0.5) is 0 Å². The van der Waals surface area contributed by atoms with E-state index in [0.29, 0.717) is 24.4 Å². The second-order valence-corrected chi connectivity index (χ2v) is 9.17. The molecular weight excluding hydrogens is 338 g/mol. The lowest BCUT2D eigenvalue weighted by molar-refractivity contribution is 0.254. The summed E-state index contributed by atoms with van der Waals surface area (Å²) in [5.41, 5.74) is 1.89. The van der Waals surface area contributed by atoms with Crippen molar-refractivity contribution < 1.29 is 13.2 Å². The van der Waals surface area contributed by atoms with E-state index in [-0.39, 0.29) is 16.5 Å². The van der Waals surface area contributed by atoms with Crippen LogP contribution in [0.1, 0.15) is 37.7 Å². The SMILES string of the molecule is Cc1nn(C(C)(C)C)c(C)c1S(=O)(=O)NC1COc2ccccc2C1. The Morgan fingerprint density at radius 2 is 1.92 bits per heavy atom. The maximum atomic E-state index is 13.0. The quantitative estimate of drug-likeness (QED) is 0.909. The largest absolute Gasteiger partial charge is 0.492 e. The van der Waals surface area contributed by atoms with Gasteiger partial charge in [-0.2, -0.15) is 5.10 Å². The highest BCUT2D eigenvalue weighted by atomic mass is 32.2. The van der Waals surface area contributed by atoms with Gasteiger partial charge in [-0.05, 0) is 52.7 Å². The van der Waals surface area contributed by atoms with Crippen LogP contribution in [0.5, 0.6) is 5.75 Å². The minimum atomic E-state index is -3.68. The molecule has 0 saturated carbocycles. The van der Waals surface area contributed by atoms with Gasteiger partial charge in [0, 0.05) is 0 Å². The van der Waals surface area contributed by atoms with Crippen LogP contribution in [0.15, 0.2) is 29.2 Å². The molecule has 1 aromatic heterocycles. The first-order valence-corrected chi connectivity index (χ1v) is 9.87. The van der Waals surface area contributed by atoms with Crippen molar-refractivity contribution in [2.24, 2.45) is 0 Å². The van der Waals surface area contributed by atoms with E-state index >= 15 is 0 Å². The molecular formula is C18H25N3O3S. The number of hydrogen-bond acceptors (Lipinski definition) is 4. The van der Waals surface area contributed by atoms with Crippen LogP contribution in [0.2, 0.25) is 0 Å². The van der Waals surface area contributed by atoms with Crippen LogP contribution >= 0.6 is 0 Å². The number of nitrogens with one attached hydrogen (secondary N) is 1. The van der Waals surface area contributed by atoms with E-state index in [4.69, 9.17) is 4.74 Å². The van der Waals surface area contributed by atoms with E-state index in [2.05, 4.69) is 9.82 Å². The molecule has 1 atom stereocenters. The van der Waals surface area contributed by atoms with Gasteiger partial charge in [0.2, 0.25) is 10.0 Å². The molecule has 136 valence electrons. The Bertz CT molecular complexity index is 895. The van der Waals surface area contributed by atoms with Gasteiger partial charge in [-0.3, -0.25) is 4.68 Å². The molecule has 25 heavy (non-hydrogen) atoms. The molecule has 6 nitrogen and oxygen atoms in total. The first-order valence-electron chi connectivity index (χ1n) is 8.39. The van der Waals surface area contributed by atoms with Gasteiger partial charge < -0.3 is 4.74 Å². The lowest BCUT2D eigenvalue weighted by atomic mass is 10.0. The second-order valence-electron chi connectivity index (χ2n) is 7.52. The fraction of sp³-hybridized carbons (Fsp3) is 0.500. The van der Waals surface area contributed by atoms with Gasteiger partial charge in [0.1, 0.15) is 17.3 Å². The number of nitrogens with zero attached hydrogens (tertiary/aromatic N) is 2. The molecule has 0 fully saturated rings. The minimum absolute atomic E-state index is 0.265. The zero-order valence-electron chi connectivity index (χ0n) is 15.3. The van der Waals surface area contributed by atoms with Crippen LogP contribution < -0.4 is 9.46 Å². The summed E-state index contributed by atoms with van der Waals surface area (Å²) in [6.45, 7) is 9.86. The fourth-order valence-electron chi connectivity index (χ4n) is 3.35. The minimum Gasteiger partial charge on any atom is -0.492 e. The Labute approximate surface area is 149 Å². The predicted octanol–water partition coefficient (Wildman–Crippen LogP) is 2.54. The number of benzene rings is 1. The van der Waals surface area contributed by atoms with Gasteiger partial charge in [0.15, 0.2) is 0 Å². The summed E-state index contributed by atoms with van der Waals surface area (Å²) in [5, 5.41) is 4.44. The molecule has 1 aliphatic rings. The average molecular weight is 363 g/mol. The first kappa shape index (κ1) is 17.9. The van der Waals surface area contributed by atoms with Crippen LogP contribution in [0, 0.1) is 13.8 Å². The van der Waals surface area contributed by atoms with Crippen molar-refractivity contribution in [3.8, 4) is 5.75 Å². The van der Waals surface area contributed by atoms with Gasteiger partial charge in [-0.1, -0.05) is 18.2 Å². The molecule has 1 N–H and O–H groups in total. The molecule has 1 aliphatic heterocycles. The number of ether oxygens (including phenoxy) is 1. The lowest BCUT2D eigenvalue weighted by Gasteiger charge is -2.26. The standard InChI is InChI=1S/C18H25N3O3S/c1-12-17(13(2)21(19-12)18(3,4)5)25(22,23)20-15-10-14-8-6-7-9-16(14)24-11-15/h6-9,15,20H,10-11H2,1-5H3. The zero-order chi connectivity index (χ0) is 18.4. The summed E-state index contributed by atoms with van der Waals surface area (Å²) in [4.78, 5) is 0.265. The van der Waals surface area contributed by atoms with Gasteiger partial charge >= 0.3 is 0 Å². The van der Waals surface area contributed by atoms with Crippen LogP contribution in [-0.2, 0) is 22.0 Å². The number of aromatic nitrogens is 2. The molecule has 1 unspecified atom stereocenters. The van der Waals surface area contributed by atoms with E-state index < -0.39 is 10.0 Å². The second kappa shape index (κ2) is 6.14. The number of rotatable bonds is 3. The van der Waals surface area contributed by atoms with Crippen molar-refractivity contribution in [1.29, 1.82) is 0 Å². The summed E-state index contributed by atoms with van der Waals surface area (Å²) in [6, 6.07) is 7.42. The maximum Gasteiger partial charge on any atom is 0.244 e. The molecule has 2 aromatic rings. The van der Waals surface area contributed by atoms with E-state index in [1.54, 1.807) is 18.5 Å². The Balaban J connectivity index is 1.88.